The second kappa shape index (κ2) is 4.77. The summed E-state index contributed by atoms with van der Waals surface area (Å²) in [4.78, 5) is 25.0. The number of anilines is 1. The third-order valence-electron chi connectivity index (χ3n) is 2.62. The lowest BCUT2D eigenvalue weighted by Crippen LogP contribution is -2.41. The zero-order chi connectivity index (χ0) is 12.3. The Morgan fingerprint density at radius 2 is 2.41 bits per heavy atom. The molecule has 7 heteroatoms. The average molecular weight is 236 g/mol. The van der Waals surface area contributed by atoms with E-state index in [4.69, 9.17) is 0 Å². The van der Waals surface area contributed by atoms with E-state index in [9.17, 15) is 14.9 Å². The largest absolute Gasteiger partial charge is 0.375 e. The van der Waals surface area contributed by atoms with Crippen molar-refractivity contribution in [3.63, 3.8) is 0 Å². The number of hydrogen-bond acceptors (Lipinski definition) is 5. The van der Waals surface area contributed by atoms with E-state index in [0.717, 1.165) is 0 Å². The first-order valence-electron chi connectivity index (χ1n) is 5.28. The third-order valence-corrected chi connectivity index (χ3v) is 2.62. The van der Waals surface area contributed by atoms with E-state index < -0.39 is 4.92 Å². The molecular formula is C10H12N4O3. The maximum Gasteiger partial charge on any atom is 0.310 e. The van der Waals surface area contributed by atoms with Gasteiger partial charge in [0.15, 0.2) is 0 Å². The van der Waals surface area contributed by atoms with Gasteiger partial charge in [-0.2, -0.15) is 0 Å². The van der Waals surface area contributed by atoms with Gasteiger partial charge in [-0.05, 0) is 12.5 Å². The molecule has 0 aromatic carbocycles. The minimum absolute atomic E-state index is 0.0206. The maximum absolute atomic E-state index is 11.0. The number of nitrogens with zero attached hydrogens (tertiary/aromatic N) is 2. The van der Waals surface area contributed by atoms with Crippen LogP contribution >= 0.6 is 0 Å². The summed E-state index contributed by atoms with van der Waals surface area (Å²) >= 11 is 0. The first-order valence-corrected chi connectivity index (χ1v) is 5.28. The van der Waals surface area contributed by atoms with Gasteiger partial charge in [0.05, 0.1) is 4.92 Å². The highest BCUT2D eigenvalue weighted by Gasteiger charge is 2.21. The number of nitrogens with one attached hydrogen (secondary N) is 2. The lowest BCUT2D eigenvalue weighted by Gasteiger charge is -2.24. The zero-order valence-corrected chi connectivity index (χ0v) is 9.05. The fourth-order valence-corrected chi connectivity index (χ4v) is 1.73. The standard InChI is InChI=1S/C10H12N4O3/c15-10-2-1-7(5-12-10)13-8-3-4-11-6-9(8)14(16)17/h3-4,6-7H,1-2,5H2,(H,11,13)(H,12,15). The molecule has 17 heavy (non-hydrogen) atoms. The highest BCUT2D eigenvalue weighted by Crippen LogP contribution is 2.23. The van der Waals surface area contributed by atoms with Crippen molar-refractivity contribution in [1.29, 1.82) is 0 Å². The minimum atomic E-state index is -0.475. The lowest BCUT2D eigenvalue weighted by atomic mass is 10.1. The van der Waals surface area contributed by atoms with E-state index in [2.05, 4.69) is 15.6 Å². The summed E-state index contributed by atoms with van der Waals surface area (Å²) in [7, 11) is 0. The van der Waals surface area contributed by atoms with Gasteiger partial charge in [-0.25, -0.2) is 0 Å². The second-order valence-electron chi connectivity index (χ2n) is 3.83. The van der Waals surface area contributed by atoms with E-state index in [1.54, 1.807) is 6.07 Å². The molecule has 1 aromatic rings. The summed E-state index contributed by atoms with van der Waals surface area (Å²) in [5.41, 5.74) is 0.385. The van der Waals surface area contributed by atoms with Crippen molar-refractivity contribution in [3.8, 4) is 0 Å². The number of carbonyl (C=O) groups excluding carboxylic acids is 1. The van der Waals surface area contributed by atoms with Gasteiger partial charge in [-0.1, -0.05) is 0 Å². The Morgan fingerprint density at radius 1 is 1.59 bits per heavy atom. The van der Waals surface area contributed by atoms with Crippen molar-refractivity contribution in [3.05, 3.63) is 28.6 Å². The van der Waals surface area contributed by atoms with Gasteiger partial charge in [0.2, 0.25) is 5.91 Å². The Hall–Kier alpha value is -2.18. The Labute approximate surface area is 97.4 Å². The van der Waals surface area contributed by atoms with Gasteiger partial charge in [0.1, 0.15) is 11.9 Å². The van der Waals surface area contributed by atoms with Crippen LogP contribution in [0.1, 0.15) is 12.8 Å². The van der Waals surface area contributed by atoms with E-state index in [0.29, 0.717) is 25.1 Å². The molecule has 2 heterocycles. The van der Waals surface area contributed by atoms with Crippen LogP contribution in [0.25, 0.3) is 0 Å². The van der Waals surface area contributed by atoms with Crippen LogP contribution in [-0.4, -0.2) is 28.4 Å². The van der Waals surface area contributed by atoms with E-state index >= 15 is 0 Å². The van der Waals surface area contributed by atoms with Crippen molar-refractivity contribution < 1.29 is 9.72 Å². The van der Waals surface area contributed by atoms with Crippen LogP contribution in [0.3, 0.4) is 0 Å². The topological polar surface area (TPSA) is 97.2 Å². The van der Waals surface area contributed by atoms with Crippen molar-refractivity contribution in [2.24, 2.45) is 0 Å². The van der Waals surface area contributed by atoms with Crippen LogP contribution in [0.15, 0.2) is 18.5 Å². The van der Waals surface area contributed by atoms with Crippen molar-refractivity contribution in [2.45, 2.75) is 18.9 Å². The van der Waals surface area contributed by atoms with E-state index in [-0.39, 0.29) is 17.6 Å². The molecule has 1 fully saturated rings. The summed E-state index contributed by atoms with van der Waals surface area (Å²) in [6.07, 6.45) is 3.82. The molecule has 2 N–H and O–H groups in total. The zero-order valence-electron chi connectivity index (χ0n) is 9.05. The predicted molar refractivity (Wildman–Crippen MR) is 60.5 cm³/mol. The van der Waals surface area contributed by atoms with Gasteiger partial charge in [-0.3, -0.25) is 19.9 Å². The molecule has 1 aliphatic heterocycles. The SMILES string of the molecule is O=C1CCC(Nc2ccncc2[N+](=O)[O-])CN1. The molecule has 90 valence electrons. The van der Waals surface area contributed by atoms with Crippen LogP contribution in [0.2, 0.25) is 0 Å². The molecule has 1 amide bonds. The fourth-order valence-electron chi connectivity index (χ4n) is 1.73. The molecule has 1 aromatic heterocycles. The Morgan fingerprint density at radius 3 is 3.06 bits per heavy atom. The number of pyridine rings is 1. The van der Waals surface area contributed by atoms with Crippen LogP contribution in [-0.2, 0) is 4.79 Å². The van der Waals surface area contributed by atoms with Gasteiger partial charge in [0.25, 0.3) is 0 Å². The van der Waals surface area contributed by atoms with E-state index in [1.807, 2.05) is 0 Å². The number of amides is 1. The summed E-state index contributed by atoms with van der Waals surface area (Å²) in [6.45, 7) is 0.484. The summed E-state index contributed by atoms with van der Waals surface area (Å²) in [6, 6.07) is 1.59. The van der Waals surface area contributed by atoms with Gasteiger partial charge >= 0.3 is 5.69 Å². The molecule has 0 saturated carbocycles. The van der Waals surface area contributed by atoms with E-state index in [1.165, 1.54) is 12.4 Å². The van der Waals surface area contributed by atoms with Gasteiger partial charge in [-0.15, -0.1) is 0 Å². The molecule has 1 aliphatic rings. The molecule has 0 bridgehead atoms. The number of nitro groups is 1. The minimum Gasteiger partial charge on any atom is -0.375 e. The molecule has 0 radical (unpaired) electrons. The highest BCUT2D eigenvalue weighted by atomic mass is 16.6. The maximum atomic E-state index is 11.0. The monoisotopic (exact) mass is 236 g/mol. The van der Waals surface area contributed by atoms with Gasteiger partial charge < -0.3 is 10.6 Å². The van der Waals surface area contributed by atoms with Crippen molar-refractivity contribution in [1.82, 2.24) is 10.3 Å². The molecule has 7 nitrogen and oxygen atoms in total. The molecule has 1 saturated heterocycles. The fraction of sp³-hybridized carbons (Fsp3) is 0.400. The Bertz CT molecular complexity index is 439. The quantitative estimate of drug-likeness (QED) is 0.594. The summed E-state index contributed by atoms with van der Waals surface area (Å²) in [5.74, 6) is 0.0206. The Kier molecular flexibility index (Phi) is 3.17. The Balaban J connectivity index is 2.08. The van der Waals surface area contributed by atoms with Crippen molar-refractivity contribution in [2.75, 3.05) is 11.9 Å². The third kappa shape index (κ3) is 2.68. The molecular weight excluding hydrogens is 224 g/mol. The first-order chi connectivity index (χ1) is 8.16. The highest BCUT2D eigenvalue weighted by molar-refractivity contribution is 5.77. The number of carbonyl (C=O) groups is 1. The van der Waals surface area contributed by atoms with Gasteiger partial charge in [0, 0.05) is 25.2 Å². The van der Waals surface area contributed by atoms with Crippen LogP contribution in [0, 0.1) is 10.1 Å². The van der Waals surface area contributed by atoms with Crippen LogP contribution in [0.4, 0.5) is 11.4 Å². The molecule has 2 rings (SSSR count). The summed E-state index contributed by atoms with van der Waals surface area (Å²) < 4.78 is 0. The van der Waals surface area contributed by atoms with Crippen molar-refractivity contribution >= 4 is 17.3 Å². The predicted octanol–water partition coefficient (Wildman–Crippen LogP) is 0.680. The lowest BCUT2D eigenvalue weighted by molar-refractivity contribution is -0.384. The number of aromatic nitrogens is 1. The molecule has 1 unspecified atom stereocenters. The average Bonchev–Trinajstić information content (AvgIpc) is 2.32. The summed E-state index contributed by atoms with van der Waals surface area (Å²) in [5, 5.41) is 16.5. The molecule has 0 aliphatic carbocycles. The normalized spacial score (nSPS) is 19.5. The van der Waals surface area contributed by atoms with Crippen LogP contribution < -0.4 is 10.6 Å². The first kappa shape index (κ1) is 11.3. The second-order valence-corrected chi connectivity index (χ2v) is 3.83. The smallest absolute Gasteiger partial charge is 0.310 e. The number of hydrogen-bond donors (Lipinski definition) is 2. The molecule has 0 spiro atoms. The molecule has 1 atom stereocenters. The number of piperidine rings is 1. The van der Waals surface area contributed by atoms with Crippen LogP contribution in [0.5, 0.6) is 0 Å². The number of rotatable bonds is 3.